The summed E-state index contributed by atoms with van der Waals surface area (Å²) in [5, 5.41) is 3.46. The molecule has 20 heavy (non-hydrogen) atoms. The van der Waals surface area contributed by atoms with Crippen LogP contribution in [0.3, 0.4) is 0 Å². The lowest BCUT2D eigenvalue weighted by atomic mass is 10.2. The van der Waals surface area contributed by atoms with Gasteiger partial charge in [0, 0.05) is 32.2 Å². The van der Waals surface area contributed by atoms with E-state index in [1.54, 1.807) is 0 Å². The topological polar surface area (TPSA) is 62.3 Å². The Bertz CT molecular complexity index is 556. The number of aromatic nitrogens is 1. The van der Waals surface area contributed by atoms with Gasteiger partial charge in [-0.3, -0.25) is 9.88 Å². The van der Waals surface area contributed by atoms with E-state index in [4.69, 9.17) is 0 Å². The Morgan fingerprint density at radius 3 is 2.60 bits per heavy atom. The van der Waals surface area contributed by atoms with Crippen molar-refractivity contribution < 1.29 is 8.42 Å². The minimum atomic E-state index is -2.80. The summed E-state index contributed by atoms with van der Waals surface area (Å²) in [6.45, 7) is 2.81. The van der Waals surface area contributed by atoms with Crippen molar-refractivity contribution >= 4 is 9.84 Å². The fraction of sp³-hybridized carbons (Fsp3) is 0.643. The van der Waals surface area contributed by atoms with Gasteiger partial charge in [-0.1, -0.05) is 6.07 Å². The fourth-order valence-electron chi connectivity index (χ4n) is 2.39. The molecule has 1 saturated heterocycles. The SMILES string of the molecule is O=S1(=O)CCN(Cc2cccc(CNC3CC3)n2)CC1. The zero-order chi connectivity index (χ0) is 14.0. The highest BCUT2D eigenvalue weighted by Gasteiger charge is 2.22. The van der Waals surface area contributed by atoms with Crippen LogP contribution >= 0.6 is 0 Å². The zero-order valence-corrected chi connectivity index (χ0v) is 12.4. The Labute approximate surface area is 120 Å². The average molecular weight is 295 g/mol. The summed E-state index contributed by atoms with van der Waals surface area (Å²) in [5.74, 6) is 0.547. The predicted molar refractivity (Wildman–Crippen MR) is 78.0 cm³/mol. The second-order valence-corrected chi connectivity index (χ2v) is 8.01. The Morgan fingerprint density at radius 1 is 1.20 bits per heavy atom. The fourth-order valence-corrected chi connectivity index (χ4v) is 3.67. The van der Waals surface area contributed by atoms with Crippen LogP contribution < -0.4 is 5.32 Å². The van der Waals surface area contributed by atoms with Crippen molar-refractivity contribution in [3.8, 4) is 0 Å². The van der Waals surface area contributed by atoms with E-state index in [1.807, 2.05) is 18.2 Å². The molecule has 1 aromatic rings. The summed E-state index contributed by atoms with van der Waals surface area (Å²) in [7, 11) is -2.80. The van der Waals surface area contributed by atoms with Gasteiger partial charge >= 0.3 is 0 Å². The highest BCUT2D eigenvalue weighted by molar-refractivity contribution is 7.91. The van der Waals surface area contributed by atoms with Crippen LogP contribution in [0.1, 0.15) is 24.2 Å². The Hall–Kier alpha value is -0.980. The molecule has 1 saturated carbocycles. The smallest absolute Gasteiger partial charge is 0.152 e. The third-order valence-corrected chi connectivity index (χ3v) is 5.45. The molecule has 0 radical (unpaired) electrons. The van der Waals surface area contributed by atoms with Crippen LogP contribution in [0.5, 0.6) is 0 Å². The van der Waals surface area contributed by atoms with E-state index in [2.05, 4.69) is 15.2 Å². The maximum Gasteiger partial charge on any atom is 0.152 e. The minimum Gasteiger partial charge on any atom is -0.308 e. The average Bonchev–Trinajstić information content (AvgIpc) is 3.24. The lowest BCUT2D eigenvalue weighted by molar-refractivity contribution is 0.284. The third kappa shape index (κ3) is 4.01. The molecule has 1 aliphatic carbocycles. The van der Waals surface area contributed by atoms with E-state index >= 15 is 0 Å². The van der Waals surface area contributed by atoms with Gasteiger partial charge in [0.05, 0.1) is 22.9 Å². The second-order valence-electron chi connectivity index (χ2n) is 5.70. The summed E-state index contributed by atoms with van der Waals surface area (Å²) in [6, 6.07) is 6.78. The molecule has 0 unspecified atom stereocenters. The van der Waals surface area contributed by atoms with E-state index in [1.165, 1.54) is 12.8 Å². The Morgan fingerprint density at radius 2 is 1.90 bits per heavy atom. The monoisotopic (exact) mass is 295 g/mol. The van der Waals surface area contributed by atoms with Crippen molar-refractivity contribution in [1.29, 1.82) is 0 Å². The van der Waals surface area contributed by atoms with Gasteiger partial charge in [0.2, 0.25) is 0 Å². The standard InChI is InChI=1S/C14H21N3O2S/c18-20(19)8-6-17(7-9-20)11-14-3-1-2-13(16-14)10-15-12-4-5-12/h1-3,12,15H,4-11H2. The molecule has 0 amide bonds. The zero-order valence-electron chi connectivity index (χ0n) is 11.6. The Kier molecular flexibility index (Phi) is 4.05. The number of rotatable bonds is 5. The number of hydrogen-bond acceptors (Lipinski definition) is 5. The molecular formula is C14H21N3O2S. The van der Waals surface area contributed by atoms with Crippen LogP contribution in [-0.4, -0.2) is 48.9 Å². The normalized spacial score (nSPS) is 22.8. The van der Waals surface area contributed by atoms with Crippen molar-refractivity contribution in [1.82, 2.24) is 15.2 Å². The van der Waals surface area contributed by atoms with Crippen LogP contribution in [0.25, 0.3) is 0 Å². The predicted octanol–water partition coefficient (Wildman–Crippen LogP) is 0.564. The molecule has 2 fully saturated rings. The molecule has 0 spiro atoms. The van der Waals surface area contributed by atoms with Gasteiger partial charge in [0.1, 0.15) is 0 Å². The Balaban J connectivity index is 1.55. The van der Waals surface area contributed by atoms with Gasteiger partial charge < -0.3 is 5.32 Å². The molecule has 5 nitrogen and oxygen atoms in total. The van der Waals surface area contributed by atoms with Crippen LogP contribution in [0.2, 0.25) is 0 Å². The number of nitrogens with zero attached hydrogens (tertiary/aromatic N) is 2. The molecule has 1 N–H and O–H groups in total. The van der Waals surface area contributed by atoms with Gasteiger partial charge in [-0.15, -0.1) is 0 Å². The van der Waals surface area contributed by atoms with E-state index in [-0.39, 0.29) is 11.5 Å². The first-order valence-corrected chi connectivity index (χ1v) is 9.04. The summed E-state index contributed by atoms with van der Waals surface area (Å²) in [5.41, 5.74) is 2.10. The van der Waals surface area contributed by atoms with Crippen molar-refractivity contribution in [2.24, 2.45) is 0 Å². The number of hydrogen-bond donors (Lipinski definition) is 1. The quantitative estimate of drug-likeness (QED) is 0.860. The molecule has 0 atom stereocenters. The first kappa shape index (κ1) is 14.0. The summed E-state index contributed by atoms with van der Waals surface area (Å²) in [6.07, 6.45) is 2.56. The van der Waals surface area contributed by atoms with Crippen molar-refractivity contribution in [2.75, 3.05) is 24.6 Å². The summed E-state index contributed by atoms with van der Waals surface area (Å²) in [4.78, 5) is 6.82. The molecule has 2 heterocycles. The maximum absolute atomic E-state index is 11.4. The second kappa shape index (κ2) is 5.79. The van der Waals surface area contributed by atoms with Gasteiger partial charge in [-0.05, 0) is 25.0 Å². The van der Waals surface area contributed by atoms with Gasteiger partial charge in [-0.2, -0.15) is 0 Å². The van der Waals surface area contributed by atoms with Crippen molar-refractivity contribution in [3.63, 3.8) is 0 Å². The summed E-state index contributed by atoms with van der Waals surface area (Å²) >= 11 is 0. The molecule has 1 aromatic heterocycles. The van der Waals surface area contributed by atoms with Crippen molar-refractivity contribution in [2.45, 2.75) is 32.0 Å². The van der Waals surface area contributed by atoms with Crippen LogP contribution in [0.4, 0.5) is 0 Å². The molecule has 110 valence electrons. The van der Waals surface area contributed by atoms with E-state index in [9.17, 15) is 8.42 Å². The van der Waals surface area contributed by atoms with Crippen LogP contribution in [0, 0.1) is 0 Å². The maximum atomic E-state index is 11.4. The number of nitrogens with one attached hydrogen (secondary N) is 1. The highest BCUT2D eigenvalue weighted by Crippen LogP contribution is 2.19. The minimum absolute atomic E-state index is 0.274. The molecule has 0 bridgehead atoms. The first-order chi connectivity index (χ1) is 9.61. The highest BCUT2D eigenvalue weighted by atomic mass is 32.2. The molecule has 2 aliphatic rings. The van der Waals surface area contributed by atoms with E-state index in [0.717, 1.165) is 24.5 Å². The van der Waals surface area contributed by atoms with E-state index < -0.39 is 9.84 Å². The molecule has 3 rings (SSSR count). The van der Waals surface area contributed by atoms with Gasteiger partial charge in [0.15, 0.2) is 9.84 Å². The van der Waals surface area contributed by atoms with Gasteiger partial charge in [0.25, 0.3) is 0 Å². The molecular weight excluding hydrogens is 274 g/mol. The van der Waals surface area contributed by atoms with Crippen LogP contribution in [-0.2, 0) is 22.9 Å². The number of sulfone groups is 1. The lowest BCUT2D eigenvalue weighted by Gasteiger charge is -2.26. The lowest BCUT2D eigenvalue weighted by Crippen LogP contribution is -2.39. The molecule has 1 aliphatic heterocycles. The van der Waals surface area contributed by atoms with Crippen LogP contribution in [0.15, 0.2) is 18.2 Å². The van der Waals surface area contributed by atoms with Crippen molar-refractivity contribution in [3.05, 3.63) is 29.6 Å². The number of pyridine rings is 1. The largest absolute Gasteiger partial charge is 0.308 e. The van der Waals surface area contributed by atoms with E-state index in [0.29, 0.717) is 19.1 Å². The first-order valence-electron chi connectivity index (χ1n) is 7.22. The molecule has 0 aromatic carbocycles. The molecule has 6 heteroatoms. The summed E-state index contributed by atoms with van der Waals surface area (Å²) < 4.78 is 22.8. The third-order valence-electron chi connectivity index (χ3n) is 3.84. The van der Waals surface area contributed by atoms with Gasteiger partial charge in [-0.25, -0.2) is 8.42 Å².